The zero-order chi connectivity index (χ0) is 17.3. The van der Waals surface area contributed by atoms with E-state index in [9.17, 15) is 14.7 Å². The Balaban J connectivity index is -0.000000403. The number of rotatable bonds is 15. The Bertz CT molecular complexity index is 331. The van der Waals surface area contributed by atoms with Crippen LogP contribution >= 0.6 is 0 Å². The number of carbonyl (C=O) groups is 2. The Hall–Kier alpha value is 0.860. The number of amides is 1. The van der Waals surface area contributed by atoms with E-state index in [0.29, 0.717) is 45.5 Å². The summed E-state index contributed by atoms with van der Waals surface area (Å²) >= 11 is 0. The van der Waals surface area contributed by atoms with Crippen molar-refractivity contribution < 1.29 is 81.4 Å². The fourth-order valence-corrected chi connectivity index (χ4v) is 2.07. The van der Waals surface area contributed by atoms with Gasteiger partial charge in [0.15, 0.2) is 0 Å². The maximum Gasteiger partial charge on any atom is 1.00 e. The zero-order valence-corrected chi connectivity index (χ0v) is 20.7. The van der Waals surface area contributed by atoms with E-state index in [1.165, 1.54) is 19.3 Å². The van der Waals surface area contributed by atoms with Gasteiger partial charge in [-0.05, 0) is 12.8 Å². The van der Waals surface area contributed by atoms with Gasteiger partial charge in [-0.15, -0.1) is 0 Å². The van der Waals surface area contributed by atoms with Crippen LogP contribution in [0.5, 0.6) is 0 Å². The van der Waals surface area contributed by atoms with Crippen LogP contribution in [0.15, 0.2) is 0 Å². The van der Waals surface area contributed by atoms with Gasteiger partial charge < -0.3 is 23.3 Å². The number of esters is 1. The summed E-state index contributed by atoms with van der Waals surface area (Å²) in [6.45, 7) is 5.67. The number of hydrogen-bond acceptors (Lipinski definition) is 5. The molecule has 25 heavy (non-hydrogen) atoms. The predicted molar refractivity (Wildman–Crippen MR) is 93.4 cm³/mol. The number of unbranched alkanes of at least 4 members (excludes halogenated alkanes) is 4. The van der Waals surface area contributed by atoms with Crippen molar-refractivity contribution >= 4 is 11.9 Å². The van der Waals surface area contributed by atoms with Crippen LogP contribution in [0, 0.1) is 0 Å². The average Bonchev–Trinajstić information content (AvgIpc) is 2.54. The minimum absolute atomic E-state index is 0. The van der Waals surface area contributed by atoms with E-state index in [1.807, 2.05) is 0 Å². The molecule has 0 aliphatic heterocycles. The second kappa shape index (κ2) is 22.9. The van der Waals surface area contributed by atoms with Gasteiger partial charge in [0.05, 0.1) is 6.10 Å². The van der Waals surface area contributed by atoms with E-state index < -0.39 is 6.10 Å². The van der Waals surface area contributed by atoms with Crippen LogP contribution in [0.3, 0.4) is 0 Å². The van der Waals surface area contributed by atoms with Gasteiger partial charge in [0, 0.05) is 32.5 Å². The molecule has 0 spiro atoms. The maximum absolute atomic E-state index is 11.6. The van der Waals surface area contributed by atoms with Crippen LogP contribution in [-0.2, 0) is 14.3 Å². The van der Waals surface area contributed by atoms with Crippen molar-refractivity contribution in [3.63, 3.8) is 0 Å². The molecule has 6 nitrogen and oxygen atoms in total. The third-order valence-electron chi connectivity index (χ3n) is 3.52. The molecule has 0 aliphatic carbocycles. The van der Waals surface area contributed by atoms with Crippen molar-refractivity contribution in [3.05, 3.63) is 0 Å². The van der Waals surface area contributed by atoms with E-state index >= 15 is 0 Å². The quantitative estimate of drug-likeness (QED) is 0.154. The summed E-state index contributed by atoms with van der Waals surface area (Å²) in [6, 6.07) is 0. The van der Waals surface area contributed by atoms with Crippen molar-refractivity contribution in [1.29, 1.82) is 0 Å². The molecule has 1 unspecified atom stereocenters. The molecule has 0 heterocycles. The van der Waals surface area contributed by atoms with Crippen molar-refractivity contribution in [3.8, 4) is 0 Å². The number of carbonyl (C=O) groups excluding carboxylic acids is 2. The predicted octanol–water partition coefficient (Wildman–Crippen LogP) is -4.01. The summed E-state index contributed by atoms with van der Waals surface area (Å²) in [6.07, 6.45) is 6.63. The molecule has 1 atom stereocenters. The fourth-order valence-electron chi connectivity index (χ4n) is 2.07. The summed E-state index contributed by atoms with van der Waals surface area (Å²) < 4.78 is 4.91. The molecule has 0 radical (unpaired) electrons. The molecular weight excluding hydrogens is 342 g/mol. The molecule has 0 aromatic rings. The van der Waals surface area contributed by atoms with Crippen LogP contribution in [-0.4, -0.2) is 49.3 Å². The number of nitrogens with one attached hydrogen (secondary N) is 2. The first kappa shape index (κ1) is 30.6. The Morgan fingerprint density at radius 2 is 1.76 bits per heavy atom. The van der Waals surface area contributed by atoms with Gasteiger partial charge in [0.1, 0.15) is 6.61 Å². The smallest absolute Gasteiger partial charge is 1.00 e. The normalized spacial score (nSPS) is 11.0. The molecule has 0 rings (SSSR count). The topological polar surface area (TPSA) is 87.7 Å². The summed E-state index contributed by atoms with van der Waals surface area (Å²) in [7, 11) is 0. The van der Waals surface area contributed by atoms with Crippen molar-refractivity contribution in [1.82, 2.24) is 10.6 Å². The second-order valence-corrected chi connectivity index (χ2v) is 5.73. The first-order valence-electron chi connectivity index (χ1n) is 8.91. The molecule has 0 bridgehead atoms. The van der Waals surface area contributed by atoms with Gasteiger partial charge >= 0.3 is 65.1 Å². The Morgan fingerprint density at radius 3 is 2.40 bits per heavy atom. The van der Waals surface area contributed by atoms with Crippen LogP contribution in [0.2, 0.25) is 0 Å². The minimum atomic E-state index is -0.512. The van der Waals surface area contributed by atoms with Gasteiger partial charge in [-0.25, -0.2) is 0 Å². The van der Waals surface area contributed by atoms with Gasteiger partial charge in [0.25, 0.3) is 0 Å². The number of ether oxygens (including phenoxy) is 1. The Morgan fingerprint density at radius 1 is 1.08 bits per heavy atom. The van der Waals surface area contributed by atoms with Crippen LogP contribution in [0.25, 0.3) is 0 Å². The van der Waals surface area contributed by atoms with E-state index in [-0.39, 0.29) is 73.8 Å². The van der Waals surface area contributed by atoms with E-state index in [0.717, 1.165) is 12.8 Å². The molecule has 0 aromatic carbocycles. The molecule has 0 aromatic heterocycles. The van der Waals surface area contributed by atoms with Gasteiger partial charge in [-0.3, -0.25) is 9.59 Å². The zero-order valence-electron chi connectivity index (χ0n) is 18.7. The van der Waals surface area contributed by atoms with Crippen LogP contribution in [0.4, 0.5) is 0 Å². The monoisotopic (exact) mass is 378 g/mol. The molecule has 8 heteroatoms. The van der Waals surface area contributed by atoms with Gasteiger partial charge in [-0.2, -0.15) is 0 Å². The van der Waals surface area contributed by atoms with Crippen LogP contribution < -0.4 is 69.7 Å². The van der Waals surface area contributed by atoms with E-state index in [4.69, 9.17) is 4.74 Å². The number of aliphatic hydroxyl groups excluding tert-OH is 1. The number of aliphatic hydroxyl groups is 1. The van der Waals surface area contributed by atoms with Crippen molar-refractivity contribution in [2.45, 2.75) is 71.3 Å². The summed E-state index contributed by atoms with van der Waals surface area (Å²) in [5.74, 6) is -0.155. The van der Waals surface area contributed by atoms with Gasteiger partial charge in [0.2, 0.25) is 5.91 Å². The fraction of sp³-hybridized carbons (Fsp3) is 0.882. The minimum Gasteiger partial charge on any atom is -1.00 e. The third kappa shape index (κ3) is 22.8. The maximum atomic E-state index is 11.6. The second-order valence-electron chi connectivity index (χ2n) is 5.73. The molecule has 140 valence electrons. The molecule has 0 saturated heterocycles. The standard InChI is InChI=1S/C17H34N2O4.2Na.2H/c1-3-5-6-7-8-9-16(21)19-11-10-15(20)14-18-12-13-23-17(22)4-2;;;;/h15,18,20H,3-14H2,1-2H3,(H,19,21);;;;/q;2*+1;2*-1. The molecule has 1 amide bonds. The third-order valence-corrected chi connectivity index (χ3v) is 3.52. The van der Waals surface area contributed by atoms with Crippen molar-refractivity contribution in [2.24, 2.45) is 0 Å². The van der Waals surface area contributed by atoms with E-state index in [2.05, 4.69) is 17.6 Å². The average molecular weight is 378 g/mol. The molecular formula is C17H36N2Na2O4. The Labute approximate surface area is 200 Å². The first-order chi connectivity index (χ1) is 11.1. The molecule has 3 N–H and O–H groups in total. The van der Waals surface area contributed by atoms with E-state index in [1.54, 1.807) is 6.92 Å². The number of hydrogen-bond donors (Lipinski definition) is 3. The SMILES string of the molecule is CCCCCCCC(=O)NCCC(O)CNCCOC(=O)CC.[H-].[H-].[Na+].[Na+]. The summed E-state index contributed by atoms with van der Waals surface area (Å²) in [5, 5.41) is 15.6. The summed E-state index contributed by atoms with van der Waals surface area (Å²) in [5.41, 5.74) is 0. The van der Waals surface area contributed by atoms with Crippen molar-refractivity contribution in [2.75, 3.05) is 26.2 Å². The molecule has 0 saturated carbocycles. The van der Waals surface area contributed by atoms with Crippen LogP contribution in [0.1, 0.15) is 68.1 Å². The molecule has 0 fully saturated rings. The first-order valence-corrected chi connectivity index (χ1v) is 8.91. The molecule has 0 aliphatic rings. The largest absolute Gasteiger partial charge is 1.00 e. The van der Waals surface area contributed by atoms with Gasteiger partial charge in [-0.1, -0.05) is 39.5 Å². The Kier molecular flexibility index (Phi) is 28.0. The summed E-state index contributed by atoms with van der Waals surface area (Å²) in [4.78, 5) is 22.5.